The van der Waals surface area contributed by atoms with Gasteiger partial charge in [0.15, 0.2) is 5.78 Å². The third-order valence-electron chi connectivity index (χ3n) is 9.73. The monoisotopic (exact) mass is 504 g/mol. The fourth-order valence-corrected chi connectivity index (χ4v) is 8.78. The van der Waals surface area contributed by atoms with Gasteiger partial charge < -0.3 is 4.74 Å². The van der Waals surface area contributed by atoms with Crippen LogP contribution in [0.25, 0.3) is 0 Å². The summed E-state index contributed by atoms with van der Waals surface area (Å²) in [5, 5.41) is 17.4. The van der Waals surface area contributed by atoms with Crippen LogP contribution in [0.2, 0.25) is 0 Å². The number of carbonyl (C=O) groups is 2. The molecule has 0 spiro atoms. The second kappa shape index (κ2) is 9.34. The zero-order chi connectivity index (χ0) is 25.0. The van der Waals surface area contributed by atoms with Crippen molar-refractivity contribution in [3.05, 3.63) is 27.2 Å². The lowest BCUT2D eigenvalue weighted by Gasteiger charge is -2.57. The van der Waals surface area contributed by atoms with Crippen molar-refractivity contribution in [2.45, 2.75) is 84.7 Å². The molecule has 0 bridgehead atoms. The minimum absolute atomic E-state index is 0.0203. The Morgan fingerprint density at radius 3 is 2.74 bits per heavy atom. The van der Waals surface area contributed by atoms with Gasteiger partial charge in [-0.25, -0.2) is 9.78 Å². The SMILES string of the molecule is Cc1nc(C(=O)OC2CCC3C4CCC5=CC(=O)CCC5(C)C4CCC23C)sc1CCON(O)O. The highest BCUT2D eigenvalue weighted by Gasteiger charge is 2.60. The molecule has 6 unspecified atom stereocenters. The molecule has 0 radical (unpaired) electrons. The van der Waals surface area contributed by atoms with Gasteiger partial charge in [-0.1, -0.05) is 19.4 Å². The van der Waals surface area contributed by atoms with Crippen LogP contribution in [-0.4, -0.2) is 45.3 Å². The van der Waals surface area contributed by atoms with Crippen LogP contribution < -0.4 is 0 Å². The smallest absolute Gasteiger partial charge is 0.367 e. The molecule has 4 aliphatic rings. The van der Waals surface area contributed by atoms with Crippen molar-refractivity contribution in [2.75, 3.05) is 6.61 Å². The van der Waals surface area contributed by atoms with Crippen molar-refractivity contribution in [2.24, 2.45) is 28.6 Å². The Labute approximate surface area is 210 Å². The summed E-state index contributed by atoms with van der Waals surface area (Å²) in [4.78, 5) is 35.1. The van der Waals surface area contributed by atoms with Crippen LogP contribution in [0, 0.1) is 35.5 Å². The van der Waals surface area contributed by atoms with Crippen molar-refractivity contribution in [3.8, 4) is 0 Å². The standard InChI is InChI=1S/C26H36N2O6S/c1-15-21(10-13-33-28(31)32)35-23(27-15)24(30)34-22-7-6-19-18-5-4-16-14-17(29)8-11-25(16,2)20(18)9-12-26(19,22)3/h14,18-20,22,31-32H,4-13H2,1-3H3. The number of aromatic nitrogens is 1. The van der Waals surface area contributed by atoms with Gasteiger partial charge >= 0.3 is 5.97 Å². The summed E-state index contributed by atoms with van der Waals surface area (Å²) in [6, 6.07) is 0. The van der Waals surface area contributed by atoms with E-state index in [0.717, 1.165) is 55.5 Å². The van der Waals surface area contributed by atoms with Gasteiger partial charge in [0.05, 0.1) is 17.7 Å². The molecule has 0 aromatic carbocycles. The van der Waals surface area contributed by atoms with E-state index in [1.165, 1.54) is 16.9 Å². The Balaban J connectivity index is 1.27. The summed E-state index contributed by atoms with van der Waals surface area (Å²) in [5.74, 6) is 1.71. The van der Waals surface area contributed by atoms with Gasteiger partial charge in [-0.2, -0.15) is 0 Å². The van der Waals surface area contributed by atoms with Crippen molar-refractivity contribution in [3.63, 3.8) is 0 Å². The molecule has 0 amide bonds. The maximum absolute atomic E-state index is 13.1. The molecular formula is C26H36N2O6S. The quantitative estimate of drug-likeness (QED) is 0.409. The molecule has 3 fully saturated rings. The number of hydrogen-bond donors (Lipinski definition) is 2. The summed E-state index contributed by atoms with van der Waals surface area (Å²) < 4.78 is 6.14. The van der Waals surface area contributed by atoms with Gasteiger partial charge in [-0.15, -0.1) is 11.3 Å². The molecule has 35 heavy (non-hydrogen) atoms. The molecule has 2 N–H and O–H groups in total. The lowest BCUT2D eigenvalue weighted by Crippen LogP contribution is -2.51. The number of ether oxygens (including phenoxy) is 1. The maximum Gasteiger partial charge on any atom is 0.367 e. The molecule has 3 saturated carbocycles. The molecule has 8 nitrogen and oxygen atoms in total. The van der Waals surface area contributed by atoms with E-state index in [1.54, 1.807) is 0 Å². The Hall–Kier alpha value is -1.65. The Bertz CT molecular complexity index is 1040. The van der Waals surface area contributed by atoms with Crippen LogP contribution in [0.5, 0.6) is 0 Å². The molecular weight excluding hydrogens is 468 g/mol. The van der Waals surface area contributed by atoms with Gasteiger partial charge in [0.2, 0.25) is 5.01 Å². The number of carbonyl (C=O) groups excluding carboxylic acids is 2. The number of fused-ring (bicyclic) bond motifs is 5. The van der Waals surface area contributed by atoms with Gasteiger partial charge in [-0.05, 0) is 81.1 Å². The normalized spacial score (nSPS) is 36.4. The van der Waals surface area contributed by atoms with Crippen LogP contribution in [0.3, 0.4) is 0 Å². The van der Waals surface area contributed by atoms with Crippen LogP contribution in [0.4, 0.5) is 0 Å². The zero-order valence-corrected chi connectivity index (χ0v) is 21.6. The van der Waals surface area contributed by atoms with Crippen molar-refractivity contribution in [1.29, 1.82) is 0 Å². The molecule has 1 aromatic heterocycles. The molecule has 6 atom stereocenters. The Morgan fingerprint density at radius 1 is 1.17 bits per heavy atom. The number of hydrogen-bond acceptors (Lipinski definition) is 9. The molecule has 0 saturated heterocycles. The molecule has 1 heterocycles. The number of ketones is 1. The number of rotatable bonds is 6. The number of esters is 1. The summed E-state index contributed by atoms with van der Waals surface area (Å²) >= 11 is 1.28. The van der Waals surface area contributed by atoms with Crippen LogP contribution in [-0.2, 0) is 20.8 Å². The number of nitrogens with zero attached hydrogens (tertiary/aromatic N) is 2. The Kier molecular flexibility index (Phi) is 6.68. The maximum atomic E-state index is 13.1. The lowest BCUT2D eigenvalue weighted by atomic mass is 9.47. The summed E-state index contributed by atoms with van der Waals surface area (Å²) in [7, 11) is 0. The zero-order valence-electron chi connectivity index (χ0n) is 20.8. The Morgan fingerprint density at radius 2 is 1.97 bits per heavy atom. The average Bonchev–Trinajstić information content (AvgIpc) is 3.34. The van der Waals surface area contributed by atoms with E-state index < -0.39 is 0 Å². The third-order valence-corrected chi connectivity index (χ3v) is 10.9. The number of aryl methyl sites for hydroxylation is 1. The van der Waals surface area contributed by atoms with Crippen molar-refractivity contribution in [1.82, 2.24) is 10.4 Å². The van der Waals surface area contributed by atoms with E-state index in [2.05, 4.69) is 23.7 Å². The minimum Gasteiger partial charge on any atom is -0.456 e. The van der Waals surface area contributed by atoms with Crippen LogP contribution in [0.1, 0.15) is 85.6 Å². The van der Waals surface area contributed by atoms with Crippen LogP contribution >= 0.6 is 11.3 Å². The van der Waals surface area contributed by atoms with Gasteiger partial charge in [0.1, 0.15) is 6.10 Å². The molecule has 9 heteroatoms. The van der Waals surface area contributed by atoms with E-state index in [4.69, 9.17) is 15.2 Å². The van der Waals surface area contributed by atoms with E-state index >= 15 is 0 Å². The van der Waals surface area contributed by atoms with Crippen molar-refractivity contribution >= 4 is 23.1 Å². The first-order valence-corrected chi connectivity index (χ1v) is 13.7. The molecule has 1 aromatic rings. The fraction of sp³-hybridized carbons (Fsp3) is 0.731. The predicted molar refractivity (Wildman–Crippen MR) is 128 cm³/mol. The molecule has 192 valence electrons. The van der Waals surface area contributed by atoms with Crippen molar-refractivity contribution < 1.29 is 29.6 Å². The second-order valence-electron chi connectivity index (χ2n) is 11.3. The fourth-order valence-electron chi connectivity index (χ4n) is 7.85. The highest BCUT2D eigenvalue weighted by Crippen LogP contribution is 2.65. The van der Waals surface area contributed by atoms with E-state index in [-0.39, 0.29) is 34.9 Å². The third kappa shape index (κ3) is 4.39. The minimum atomic E-state index is -0.364. The first-order valence-electron chi connectivity index (χ1n) is 12.8. The lowest BCUT2D eigenvalue weighted by molar-refractivity contribution is -0.492. The van der Waals surface area contributed by atoms with E-state index in [1.807, 2.05) is 13.0 Å². The first kappa shape index (κ1) is 25.0. The first-order chi connectivity index (χ1) is 16.6. The molecule has 5 rings (SSSR count). The largest absolute Gasteiger partial charge is 0.456 e. The summed E-state index contributed by atoms with van der Waals surface area (Å²) in [5.41, 5.74) is 2.24. The summed E-state index contributed by atoms with van der Waals surface area (Å²) in [6.07, 6.45) is 10.2. The van der Waals surface area contributed by atoms with E-state index in [9.17, 15) is 9.59 Å². The van der Waals surface area contributed by atoms with Gasteiger partial charge in [0, 0.05) is 23.1 Å². The van der Waals surface area contributed by atoms with Gasteiger partial charge in [-0.3, -0.25) is 20.0 Å². The predicted octanol–water partition coefficient (Wildman–Crippen LogP) is 5.06. The average molecular weight is 505 g/mol. The molecule has 4 aliphatic carbocycles. The topological polar surface area (TPSA) is 109 Å². The molecule has 0 aliphatic heterocycles. The summed E-state index contributed by atoms with van der Waals surface area (Å²) in [6.45, 7) is 6.61. The highest BCUT2D eigenvalue weighted by atomic mass is 32.1. The van der Waals surface area contributed by atoms with Crippen LogP contribution in [0.15, 0.2) is 11.6 Å². The van der Waals surface area contributed by atoms with Gasteiger partial charge in [0.25, 0.3) is 0 Å². The highest BCUT2D eigenvalue weighted by molar-refractivity contribution is 7.13. The number of allylic oxidation sites excluding steroid dienone is 1. The second-order valence-corrected chi connectivity index (χ2v) is 12.4. The number of thiazole rings is 1. The van der Waals surface area contributed by atoms with E-state index in [0.29, 0.717) is 41.4 Å².